The van der Waals surface area contributed by atoms with Gasteiger partial charge in [-0.05, 0) is 30.3 Å². The molecule has 0 aliphatic carbocycles. The van der Waals surface area contributed by atoms with Crippen LogP contribution in [0.25, 0.3) is 28.4 Å². The van der Waals surface area contributed by atoms with E-state index < -0.39 is 0 Å². The summed E-state index contributed by atoms with van der Waals surface area (Å²) in [6.45, 7) is 0. The van der Waals surface area contributed by atoms with E-state index in [1.807, 2.05) is 36.4 Å². The highest BCUT2D eigenvalue weighted by molar-refractivity contribution is 5.61. The van der Waals surface area contributed by atoms with E-state index in [2.05, 4.69) is 20.3 Å². The van der Waals surface area contributed by atoms with Gasteiger partial charge in [-0.25, -0.2) is 0 Å². The first-order valence-corrected chi connectivity index (χ1v) is 6.08. The molecular formula is C14H9N5O. The Kier molecular flexibility index (Phi) is 2.32. The zero-order valence-corrected chi connectivity index (χ0v) is 10.3. The average Bonchev–Trinajstić information content (AvgIpc) is 3.17. The summed E-state index contributed by atoms with van der Waals surface area (Å²) in [6.07, 6.45) is 4.99. The van der Waals surface area contributed by atoms with E-state index in [4.69, 9.17) is 4.42 Å². The normalized spacial score (nSPS) is 11.0. The molecule has 4 aromatic rings. The molecule has 4 aromatic heterocycles. The maximum Gasteiger partial charge on any atom is 0.203 e. The molecule has 0 bridgehead atoms. The summed E-state index contributed by atoms with van der Waals surface area (Å²) in [7, 11) is 0. The standard InChI is InChI=1S/C14H9N5O/c1-2-7-15-12(3-1)14-17-16-13-5-4-11(18-19(13)14)10-6-8-20-9-10/h1-9H. The third-order valence-electron chi connectivity index (χ3n) is 2.97. The predicted molar refractivity (Wildman–Crippen MR) is 71.7 cm³/mol. The Morgan fingerprint density at radius 3 is 2.75 bits per heavy atom. The number of rotatable bonds is 2. The minimum Gasteiger partial charge on any atom is -0.472 e. The average molecular weight is 263 g/mol. The number of fused-ring (bicyclic) bond motifs is 1. The highest BCUT2D eigenvalue weighted by atomic mass is 16.3. The SMILES string of the molecule is c1ccc(-c2nnc3ccc(-c4ccoc4)nn23)nc1. The van der Waals surface area contributed by atoms with E-state index in [1.165, 1.54) is 0 Å². The highest BCUT2D eigenvalue weighted by Gasteiger charge is 2.11. The zero-order valence-electron chi connectivity index (χ0n) is 10.3. The second kappa shape index (κ2) is 4.27. The van der Waals surface area contributed by atoms with Crippen molar-refractivity contribution < 1.29 is 4.42 Å². The third-order valence-corrected chi connectivity index (χ3v) is 2.97. The Hall–Kier alpha value is -3.02. The van der Waals surface area contributed by atoms with Gasteiger partial charge in [-0.2, -0.15) is 9.61 Å². The van der Waals surface area contributed by atoms with Gasteiger partial charge in [-0.3, -0.25) is 4.98 Å². The fraction of sp³-hybridized carbons (Fsp3) is 0. The fourth-order valence-electron chi connectivity index (χ4n) is 2.01. The van der Waals surface area contributed by atoms with Gasteiger partial charge in [0.1, 0.15) is 5.69 Å². The van der Waals surface area contributed by atoms with Gasteiger partial charge >= 0.3 is 0 Å². The van der Waals surface area contributed by atoms with Crippen molar-refractivity contribution in [3.05, 3.63) is 55.1 Å². The van der Waals surface area contributed by atoms with Gasteiger partial charge in [0, 0.05) is 11.8 Å². The summed E-state index contributed by atoms with van der Waals surface area (Å²) in [5, 5.41) is 12.8. The Balaban J connectivity index is 1.93. The molecule has 0 unspecified atom stereocenters. The molecule has 0 saturated heterocycles. The Morgan fingerprint density at radius 1 is 0.950 bits per heavy atom. The highest BCUT2D eigenvalue weighted by Crippen LogP contribution is 2.20. The van der Waals surface area contributed by atoms with Gasteiger partial charge in [-0.1, -0.05) is 6.07 Å². The zero-order chi connectivity index (χ0) is 13.4. The summed E-state index contributed by atoms with van der Waals surface area (Å²) in [5.74, 6) is 0.617. The van der Waals surface area contributed by atoms with Crippen molar-refractivity contribution in [2.24, 2.45) is 0 Å². The van der Waals surface area contributed by atoms with Crippen LogP contribution in [0, 0.1) is 0 Å². The van der Waals surface area contributed by atoms with E-state index >= 15 is 0 Å². The second-order valence-corrected chi connectivity index (χ2v) is 4.24. The van der Waals surface area contributed by atoms with Crippen LogP contribution in [0.3, 0.4) is 0 Å². The molecule has 20 heavy (non-hydrogen) atoms. The van der Waals surface area contributed by atoms with Crippen LogP contribution >= 0.6 is 0 Å². The van der Waals surface area contributed by atoms with Crippen LogP contribution in [0.2, 0.25) is 0 Å². The quantitative estimate of drug-likeness (QED) is 0.555. The molecule has 0 aliphatic heterocycles. The molecule has 4 rings (SSSR count). The molecule has 0 amide bonds. The molecule has 4 heterocycles. The van der Waals surface area contributed by atoms with E-state index in [1.54, 1.807) is 23.2 Å². The van der Waals surface area contributed by atoms with Crippen LogP contribution in [0.5, 0.6) is 0 Å². The number of furan rings is 1. The molecule has 0 fully saturated rings. The Bertz CT molecular complexity index is 852. The first-order chi connectivity index (χ1) is 9.92. The summed E-state index contributed by atoms with van der Waals surface area (Å²) in [5.41, 5.74) is 3.12. The number of nitrogens with zero attached hydrogens (tertiary/aromatic N) is 5. The Labute approximate surface area is 113 Å². The van der Waals surface area contributed by atoms with Gasteiger partial charge in [0.25, 0.3) is 0 Å². The topological polar surface area (TPSA) is 69.1 Å². The molecule has 0 atom stereocenters. The summed E-state index contributed by atoms with van der Waals surface area (Å²) in [6, 6.07) is 11.3. The Morgan fingerprint density at radius 2 is 1.95 bits per heavy atom. The lowest BCUT2D eigenvalue weighted by Gasteiger charge is -2.00. The summed E-state index contributed by atoms with van der Waals surface area (Å²) < 4.78 is 6.77. The van der Waals surface area contributed by atoms with Crippen LogP contribution in [0.4, 0.5) is 0 Å². The van der Waals surface area contributed by atoms with Crippen molar-refractivity contribution in [2.75, 3.05) is 0 Å². The van der Waals surface area contributed by atoms with E-state index in [0.29, 0.717) is 11.5 Å². The summed E-state index contributed by atoms with van der Waals surface area (Å²) >= 11 is 0. The van der Waals surface area contributed by atoms with Crippen LogP contribution in [-0.4, -0.2) is 24.8 Å². The molecule has 0 aliphatic rings. The minimum atomic E-state index is 0.617. The number of aromatic nitrogens is 5. The molecule has 6 heteroatoms. The molecule has 6 nitrogen and oxygen atoms in total. The maximum absolute atomic E-state index is 5.08. The smallest absolute Gasteiger partial charge is 0.203 e. The van der Waals surface area contributed by atoms with Crippen molar-refractivity contribution >= 4 is 5.65 Å². The van der Waals surface area contributed by atoms with E-state index in [-0.39, 0.29) is 0 Å². The second-order valence-electron chi connectivity index (χ2n) is 4.24. The molecule has 96 valence electrons. The predicted octanol–water partition coefficient (Wildman–Crippen LogP) is 2.45. The van der Waals surface area contributed by atoms with Crippen LogP contribution < -0.4 is 0 Å². The molecule has 0 aromatic carbocycles. The lowest BCUT2D eigenvalue weighted by atomic mass is 10.2. The van der Waals surface area contributed by atoms with Gasteiger partial charge in [0.05, 0.1) is 18.2 Å². The maximum atomic E-state index is 5.08. The first-order valence-electron chi connectivity index (χ1n) is 6.08. The third kappa shape index (κ3) is 1.66. The van der Waals surface area contributed by atoms with Crippen LogP contribution in [0.1, 0.15) is 0 Å². The molecule has 0 saturated carbocycles. The first kappa shape index (κ1) is 10.9. The van der Waals surface area contributed by atoms with Crippen LogP contribution in [0.15, 0.2) is 59.5 Å². The lowest BCUT2D eigenvalue weighted by molar-refractivity contribution is 0.568. The molecular weight excluding hydrogens is 254 g/mol. The minimum absolute atomic E-state index is 0.617. The van der Waals surface area contributed by atoms with Gasteiger partial charge in [-0.15, -0.1) is 10.2 Å². The van der Waals surface area contributed by atoms with Crippen molar-refractivity contribution in [1.82, 2.24) is 24.8 Å². The van der Waals surface area contributed by atoms with Gasteiger partial charge in [0.15, 0.2) is 5.65 Å². The van der Waals surface area contributed by atoms with E-state index in [9.17, 15) is 0 Å². The van der Waals surface area contributed by atoms with Crippen molar-refractivity contribution in [1.29, 1.82) is 0 Å². The lowest BCUT2D eigenvalue weighted by Crippen LogP contribution is -1.97. The number of pyridine rings is 1. The fourth-order valence-corrected chi connectivity index (χ4v) is 2.01. The van der Waals surface area contributed by atoms with E-state index in [0.717, 1.165) is 17.0 Å². The molecule has 0 spiro atoms. The summed E-state index contributed by atoms with van der Waals surface area (Å²) in [4.78, 5) is 4.28. The van der Waals surface area contributed by atoms with Gasteiger partial charge in [0.2, 0.25) is 5.82 Å². The van der Waals surface area contributed by atoms with Gasteiger partial charge < -0.3 is 4.42 Å². The number of hydrogen-bond acceptors (Lipinski definition) is 5. The van der Waals surface area contributed by atoms with Crippen LogP contribution in [-0.2, 0) is 0 Å². The van der Waals surface area contributed by atoms with Crippen molar-refractivity contribution in [3.8, 4) is 22.8 Å². The number of hydrogen-bond donors (Lipinski definition) is 0. The monoisotopic (exact) mass is 263 g/mol. The largest absolute Gasteiger partial charge is 0.472 e. The molecule has 0 radical (unpaired) electrons. The van der Waals surface area contributed by atoms with Crippen molar-refractivity contribution in [2.45, 2.75) is 0 Å². The van der Waals surface area contributed by atoms with Crippen molar-refractivity contribution in [3.63, 3.8) is 0 Å². The molecule has 0 N–H and O–H groups in total.